The molecule has 1 fully saturated rings. The molecule has 0 aromatic rings. The topological polar surface area (TPSA) is 61.8 Å². The number of allylic oxidation sites excluding steroid dienone is 3. The molecule has 1 aliphatic heterocycles. The molecular formula is C30H50O5Si. The van der Waals surface area contributed by atoms with Crippen molar-refractivity contribution in [1.82, 2.24) is 0 Å². The first-order valence-electron chi connectivity index (χ1n) is 15.4. The van der Waals surface area contributed by atoms with Crippen molar-refractivity contribution in [3.05, 3.63) is 23.8 Å². The molecule has 0 aromatic carbocycles. The Kier molecular flexibility index (Phi) is 7.99. The van der Waals surface area contributed by atoms with Gasteiger partial charge in [-0.25, -0.2) is 0 Å². The maximum Gasteiger partial charge on any atom is 0.308 e. The van der Waals surface area contributed by atoms with Crippen LogP contribution in [0.25, 0.3) is 0 Å². The summed E-state index contributed by atoms with van der Waals surface area (Å²) in [6.07, 6.45) is 9.38. The van der Waals surface area contributed by atoms with E-state index in [4.69, 9.17) is 18.0 Å². The van der Waals surface area contributed by atoms with Crippen molar-refractivity contribution in [2.45, 2.75) is 123 Å². The average molecular weight is 522 g/mol. The molecule has 0 spiro atoms. The first kappa shape index (κ1) is 24.9. The van der Waals surface area contributed by atoms with Crippen LogP contribution in [0, 0.1) is 29.6 Å². The first-order chi connectivity index (χ1) is 17.9. The highest BCUT2D eigenvalue weighted by molar-refractivity contribution is 6.74. The van der Waals surface area contributed by atoms with Gasteiger partial charge in [0.2, 0.25) is 0 Å². The Hall–Kier alpha value is -1.40. The summed E-state index contributed by atoms with van der Waals surface area (Å²) in [7, 11) is -2.01. The van der Waals surface area contributed by atoms with Gasteiger partial charge >= 0.3 is 11.9 Å². The molecule has 36 heavy (non-hydrogen) atoms. The van der Waals surface area contributed by atoms with Crippen molar-refractivity contribution >= 4 is 20.3 Å². The molecule has 5 nitrogen and oxygen atoms in total. The van der Waals surface area contributed by atoms with Crippen LogP contribution in [0.4, 0.5) is 0 Å². The fourth-order valence-corrected chi connectivity index (χ4v) is 7.07. The van der Waals surface area contributed by atoms with Crippen molar-refractivity contribution in [1.29, 1.82) is 0 Å². The molecule has 0 radical (unpaired) electrons. The van der Waals surface area contributed by atoms with E-state index in [1.165, 1.54) is 0 Å². The van der Waals surface area contributed by atoms with Crippen LogP contribution in [0.15, 0.2) is 23.8 Å². The van der Waals surface area contributed by atoms with Crippen molar-refractivity contribution in [3.63, 3.8) is 0 Å². The summed E-state index contributed by atoms with van der Waals surface area (Å²) in [4.78, 5) is 25.6. The molecular weight excluding hydrogens is 468 g/mol. The number of carbonyl (C=O) groups excluding carboxylic acids is 2. The van der Waals surface area contributed by atoms with Gasteiger partial charge in [-0.05, 0) is 67.1 Å². The Morgan fingerprint density at radius 2 is 1.97 bits per heavy atom. The number of carbonyl (C=O) groups is 2. The van der Waals surface area contributed by atoms with Gasteiger partial charge < -0.3 is 13.9 Å². The van der Waals surface area contributed by atoms with E-state index in [1.807, 2.05) is 0 Å². The van der Waals surface area contributed by atoms with E-state index in [2.05, 4.69) is 65.9 Å². The largest absolute Gasteiger partial charge is 0.462 e. The van der Waals surface area contributed by atoms with Crippen LogP contribution in [0.3, 0.4) is 0 Å². The smallest absolute Gasteiger partial charge is 0.308 e. The van der Waals surface area contributed by atoms with Gasteiger partial charge in [0.05, 0.1) is 18.4 Å². The van der Waals surface area contributed by atoms with Gasteiger partial charge in [0.25, 0.3) is 0 Å². The maximum absolute atomic E-state index is 13.0. The predicted molar refractivity (Wildman–Crippen MR) is 147 cm³/mol. The molecule has 0 unspecified atom stereocenters. The van der Waals surface area contributed by atoms with Crippen molar-refractivity contribution in [3.8, 4) is 0 Å². The quantitative estimate of drug-likeness (QED) is 0.249. The lowest BCUT2D eigenvalue weighted by Gasteiger charge is -2.44. The summed E-state index contributed by atoms with van der Waals surface area (Å²) in [5, 5.41) is 0.0668. The third-order valence-corrected chi connectivity index (χ3v) is 13.4. The summed E-state index contributed by atoms with van der Waals surface area (Å²) in [5.74, 6) is -1.25. The Labute approximate surface area is 224 Å². The molecule has 0 aromatic heterocycles. The first-order valence-corrected chi connectivity index (χ1v) is 16.8. The molecule has 3 aliphatic rings. The maximum atomic E-state index is 13.0. The number of hydrogen-bond donors (Lipinski definition) is 0. The fraction of sp³-hybridized carbons (Fsp3) is 0.800. The van der Waals surface area contributed by atoms with Gasteiger partial charge in [-0.2, -0.15) is 0 Å². The molecule has 1 heterocycles. The SMILES string of the molecule is [2H]C([2H])([2H])[C@H](CC)C(=O)O[C@H]1C[C@@H](C)C=C2C=C[C@H](C)[C@H](CC[C@@H]3C[C@H](O[Si](C)(C)C(C)(C)C)CC(=O)O3)[C@H]21. The van der Waals surface area contributed by atoms with Gasteiger partial charge in [0.15, 0.2) is 8.32 Å². The molecule has 0 N–H and O–H groups in total. The summed E-state index contributed by atoms with van der Waals surface area (Å²) in [6.45, 7) is 14.7. The zero-order valence-corrected chi connectivity index (χ0v) is 24.6. The average Bonchev–Trinajstić information content (AvgIpc) is 2.76. The fourth-order valence-electron chi connectivity index (χ4n) is 5.70. The third-order valence-electron chi connectivity index (χ3n) is 8.86. The van der Waals surface area contributed by atoms with Gasteiger partial charge in [-0.1, -0.05) is 66.6 Å². The number of cyclic esters (lactones) is 1. The Morgan fingerprint density at radius 1 is 1.25 bits per heavy atom. The van der Waals surface area contributed by atoms with E-state index >= 15 is 0 Å². The number of hydrogen-bond acceptors (Lipinski definition) is 5. The lowest BCUT2D eigenvalue weighted by Crippen LogP contribution is -2.47. The van der Waals surface area contributed by atoms with Crippen molar-refractivity contribution in [2.75, 3.05) is 0 Å². The van der Waals surface area contributed by atoms with E-state index in [9.17, 15) is 9.59 Å². The molecule has 2 aliphatic carbocycles. The lowest BCUT2D eigenvalue weighted by atomic mass is 9.65. The molecule has 0 amide bonds. The molecule has 0 saturated carbocycles. The van der Waals surface area contributed by atoms with Gasteiger partial charge in [-0.15, -0.1) is 0 Å². The minimum atomic E-state index is -2.38. The van der Waals surface area contributed by atoms with Crippen molar-refractivity contribution in [2.24, 2.45) is 29.6 Å². The number of esters is 2. The molecule has 0 bridgehead atoms. The highest BCUT2D eigenvalue weighted by atomic mass is 28.4. The number of fused-ring (bicyclic) bond motifs is 1. The Bertz CT molecular complexity index is 951. The van der Waals surface area contributed by atoms with E-state index in [-0.39, 0.29) is 59.4 Å². The normalized spacial score (nSPS) is 35.4. The van der Waals surface area contributed by atoms with Crippen LogP contribution in [-0.4, -0.2) is 38.6 Å². The van der Waals surface area contributed by atoms with E-state index in [0.29, 0.717) is 19.3 Å². The molecule has 204 valence electrons. The van der Waals surface area contributed by atoms with Crippen LogP contribution >= 0.6 is 0 Å². The Balaban J connectivity index is 1.74. The summed E-state index contributed by atoms with van der Waals surface area (Å²) in [5.41, 5.74) is 1.16. The Morgan fingerprint density at radius 3 is 2.61 bits per heavy atom. The zero-order chi connectivity index (χ0) is 29.3. The lowest BCUT2D eigenvalue weighted by molar-refractivity contribution is -0.162. The van der Waals surface area contributed by atoms with Crippen LogP contribution in [0.5, 0.6) is 0 Å². The third kappa shape index (κ3) is 6.92. The minimum Gasteiger partial charge on any atom is -0.462 e. The molecule has 1 saturated heterocycles. The summed E-state index contributed by atoms with van der Waals surface area (Å²) < 4.78 is 41.8. The molecule has 3 rings (SSSR count). The number of ether oxygens (including phenoxy) is 2. The van der Waals surface area contributed by atoms with E-state index in [0.717, 1.165) is 18.4 Å². The van der Waals surface area contributed by atoms with Crippen molar-refractivity contribution < 1.29 is 27.6 Å². The highest BCUT2D eigenvalue weighted by Crippen LogP contribution is 2.45. The summed E-state index contributed by atoms with van der Waals surface area (Å²) in [6, 6.07) is 0. The number of rotatable bonds is 8. The van der Waals surface area contributed by atoms with E-state index < -0.39 is 27.1 Å². The second-order valence-corrected chi connectivity index (χ2v) is 17.6. The van der Waals surface area contributed by atoms with Crippen LogP contribution < -0.4 is 0 Å². The van der Waals surface area contributed by atoms with Gasteiger partial charge in [0.1, 0.15) is 12.2 Å². The molecule has 6 heteroatoms. The van der Waals surface area contributed by atoms with E-state index in [1.54, 1.807) is 6.92 Å². The van der Waals surface area contributed by atoms with Crippen LogP contribution in [-0.2, 0) is 23.5 Å². The molecule has 8 atom stereocenters. The summed E-state index contributed by atoms with van der Waals surface area (Å²) >= 11 is 0. The van der Waals surface area contributed by atoms with Gasteiger partial charge in [-0.3, -0.25) is 9.59 Å². The monoisotopic (exact) mass is 521 g/mol. The second kappa shape index (κ2) is 11.5. The second-order valence-electron chi connectivity index (χ2n) is 12.9. The highest BCUT2D eigenvalue weighted by Gasteiger charge is 2.44. The predicted octanol–water partition coefficient (Wildman–Crippen LogP) is 7.23. The standard InChI is InChI=1S/C30H50O5Si/c1-10-20(3)29(32)34-26-16-19(2)15-22-12-11-21(4)25(28(22)26)14-13-23-17-24(18-27(31)33-23)35-36(8,9)30(5,6)7/h11-12,15,19-21,23-26,28H,10,13-14,16-18H2,1-9H3/t19-,20+,21-,23+,24-,25-,26-,28-/m0/s1/i3D3. The zero-order valence-electron chi connectivity index (χ0n) is 26.6. The van der Waals surface area contributed by atoms with Gasteiger partial charge in [0, 0.05) is 16.5 Å². The van der Waals surface area contributed by atoms with Crippen LogP contribution in [0.2, 0.25) is 18.1 Å². The van der Waals surface area contributed by atoms with Crippen LogP contribution in [0.1, 0.15) is 91.0 Å². The minimum absolute atomic E-state index is 0.00201.